The van der Waals surface area contributed by atoms with Crippen LogP contribution in [0, 0.1) is 0 Å². The lowest BCUT2D eigenvalue weighted by Gasteiger charge is -2.20. The average Bonchev–Trinajstić information content (AvgIpc) is 3.51. The summed E-state index contributed by atoms with van der Waals surface area (Å²) in [6.07, 6.45) is 5.91. The third kappa shape index (κ3) is 3.91. The Hall–Kier alpha value is -2.38. The zero-order valence-electron chi connectivity index (χ0n) is 15.8. The second kappa shape index (κ2) is 7.56. The minimum absolute atomic E-state index is 0.00959. The van der Waals surface area contributed by atoms with Gasteiger partial charge in [-0.2, -0.15) is 0 Å². The highest BCUT2D eigenvalue weighted by Gasteiger charge is 2.30. The van der Waals surface area contributed by atoms with E-state index >= 15 is 0 Å². The van der Waals surface area contributed by atoms with E-state index in [-0.39, 0.29) is 28.2 Å². The van der Waals surface area contributed by atoms with Gasteiger partial charge in [-0.15, -0.1) is 0 Å². The standard InChI is InChI=1S/C21H24N2O4S/c1-27-19-12-9-15(13-20(19)28(25,26)23-16-10-11-16)21(24)22-18-8-4-6-14-5-2-3-7-17(14)18/h4,6,8-9,12-13,16,23H,2-3,5,7,10-11H2,1H3,(H,22,24). The van der Waals surface area contributed by atoms with E-state index in [2.05, 4.69) is 16.1 Å². The van der Waals surface area contributed by atoms with Gasteiger partial charge in [-0.25, -0.2) is 13.1 Å². The number of rotatable bonds is 6. The van der Waals surface area contributed by atoms with Crippen LogP contribution in [0.3, 0.4) is 0 Å². The molecule has 2 aromatic carbocycles. The summed E-state index contributed by atoms with van der Waals surface area (Å²) in [5.41, 5.74) is 3.54. The first-order valence-corrected chi connectivity index (χ1v) is 11.1. The zero-order valence-corrected chi connectivity index (χ0v) is 16.6. The number of anilines is 1. The summed E-state index contributed by atoms with van der Waals surface area (Å²) in [5, 5.41) is 2.96. The maximum Gasteiger partial charge on any atom is 0.255 e. The minimum Gasteiger partial charge on any atom is -0.495 e. The molecule has 2 aliphatic rings. The first kappa shape index (κ1) is 19.0. The van der Waals surface area contributed by atoms with Crippen LogP contribution in [0.2, 0.25) is 0 Å². The van der Waals surface area contributed by atoms with Crippen molar-refractivity contribution in [3.8, 4) is 5.75 Å². The number of methoxy groups -OCH3 is 1. The molecule has 2 N–H and O–H groups in total. The fourth-order valence-electron chi connectivity index (χ4n) is 3.60. The van der Waals surface area contributed by atoms with E-state index in [0.29, 0.717) is 0 Å². The van der Waals surface area contributed by atoms with Gasteiger partial charge in [0.25, 0.3) is 5.91 Å². The molecule has 28 heavy (non-hydrogen) atoms. The lowest BCUT2D eigenvalue weighted by Crippen LogP contribution is -2.26. The second-order valence-electron chi connectivity index (χ2n) is 7.37. The van der Waals surface area contributed by atoms with Crippen LogP contribution in [0.15, 0.2) is 41.3 Å². The van der Waals surface area contributed by atoms with Gasteiger partial charge in [-0.1, -0.05) is 12.1 Å². The van der Waals surface area contributed by atoms with Crippen LogP contribution < -0.4 is 14.8 Å². The first-order chi connectivity index (χ1) is 13.5. The van der Waals surface area contributed by atoms with Gasteiger partial charge in [0.15, 0.2) is 0 Å². The fraction of sp³-hybridized carbons (Fsp3) is 0.381. The number of sulfonamides is 1. The summed E-state index contributed by atoms with van der Waals surface area (Å²) in [7, 11) is -2.32. The summed E-state index contributed by atoms with van der Waals surface area (Å²) in [6, 6.07) is 10.4. The van der Waals surface area contributed by atoms with E-state index in [4.69, 9.17) is 4.74 Å². The number of amides is 1. The van der Waals surface area contributed by atoms with Crippen molar-refractivity contribution in [3.05, 3.63) is 53.1 Å². The van der Waals surface area contributed by atoms with Gasteiger partial charge in [-0.05, 0) is 73.9 Å². The number of fused-ring (bicyclic) bond motifs is 1. The number of hydrogen-bond donors (Lipinski definition) is 2. The molecule has 0 bridgehead atoms. The molecule has 0 aromatic heterocycles. The summed E-state index contributed by atoms with van der Waals surface area (Å²) in [4.78, 5) is 12.8. The lowest BCUT2D eigenvalue weighted by atomic mass is 9.90. The molecular formula is C21H24N2O4S. The summed E-state index contributed by atoms with van der Waals surface area (Å²) >= 11 is 0. The molecule has 0 unspecified atom stereocenters. The molecule has 0 saturated heterocycles. The lowest BCUT2D eigenvalue weighted by molar-refractivity contribution is 0.102. The number of carbonyl (C=O) groups excluding carboxylic acids is 1. The fourth-order valence-corrected chi connectivity index (χ4v) is 5.10. The van der Waals surface area contributed by atoms with Crippen LogP contribution in [0.4, 0.5) is 5.69 Å². The van der Waals surface area contributed by atoms with Gasteiger partial charge in [0.2, 0.25) is 10.0 Å². The Labute approximate surface area is 165 Å². The van der Waals surface area contributed by atoms with Crippen molar-refractivity contribution in [1.82, 2.24) is 4.72 Å². The monoisotopic (exact) mass is 400 g/mol. The van der Waals surface area contributed by atoms with Gasteiger partial charge in [0.1, 0.15) is 10.6 Å². The molecule has 0 aliphatic heterocycles. The van der Waals surface area contributed by atoms with E-state index in [1.807, 2.05) is 12.1 Å². The second-order valence-corrected chi connectivity index (χ2v) is 9.05. The van der Waals surface area contributed by atoms with Crippen molar-refractivity contribution in [2.75, 3.05) is 12.4 Å². The molecule has 6 nitrogen and oxygen atoms in total. The molecular weight excluding hydrogens is 376 g/mol. The molecule has 0 spiro atoms. The van der Waals surface area contributed by atoms with Crippen LogP contribution >= 0.6 is 0 Å². The Morgan fingerprint density at radius 3 is 2.64 bits per heavy atom. The van der Waals surface area contributed by atoms with Crippen LogP contribution in [0.5, 0.6) is 5.75 Å². The van der Waals surface area contributed by atoms with Crippen molar-refractivity contribution in [1.29, 1.82) is 0 Å². The molecule has 1 fully saturated rings. The Balaban J connectivity index is 1.62. The molecule has 2 aromatic rings. The summed E-state index contributed by atoms with van der Waals surface area (Å²) in [6.45, 7) is 0. The zero-order chi connectivity index (χ0) is 19.7. The molecule has 2 aliphatic carbocycles. The van der Waals surface area contributed by atoms with Crippen molar-refractivity contribution >= 4 is 21.6 Å². The van der Waals surface area contributed by atoms with Crippen LogP contribution in [-0.2, 0) is 22.9 Å². The highest BCUT2D eigenvalue weighted by molar-refractivity contribution is 7.89. The maximum absolute atomic E-state index is 12.8. The summed E-state index contributed by atoms with van der Waals surface area (Å²) in [5.74, 6) is -0.105. The van der Waals surface area contributed by atoms with E-state index in [1.165, 1.54) is 30.4 Å². The minimum atomic E-state index is -3.74. The largest absolute Gasteiger partial charge is 0.495 e. The molecule has 1 saturated carbocycles. The van der Waals surface area contributed by atoms with Crippen molar-refractivity contribution in [2.24, 2.45) is 0 Å². The Morgan fingerprint density at radius 2 is 1.89 bits per heavy atom. The number of ether oxygens (including phenoxy) is 1. The van der Waals surface area contributed by atoms with Gasteiger partial charge in [0.05, 0.1) is 7.11 Å². The smallest absolute Gasteiger partial charge is 0.255 e. The van der Waals surface area contributed by atoms with Gasteiger partial charge in [-0.3, -0.25) is 4.79 Å². The Bertz CT molecular complexity index is 1010. The highest BCUT2D eigenvalue weighted by atomic mass is 32.2. The average molecular weight is 401 g/mol. The van der Waals surface area contributed by atoms with E-state index < -0.39 is 10.0 Å². The first-order valence-electron chi connectivity index (χ1n) is 9.60. The van der Waals surface area contributed by atoms with Crippen molar-refractivity contribution in [2.45, 2.75) is 49.5 Å². The number of hydrogen-bond acceptors (Lipinski definition) is 4. The molecule has 7 heteroatoms. The molecule has 148 valence electrons. The van der Waals surface area contributed by atoms with E-state index in [0.717, 1.165) is 44.2 Å². The Morgan fingerprint density at radius 1 is 1.11 bits per heavy atom. The molecule has 0 heterocycles. The number of carbonyl (C=O) groups is 1. The topological polar surface area (TPSA) is 84.5 Å². The van der Waals surface area contributed by atoms with Crippen LogP contribution in [0.1, 0.15) is 47.2 Å². The summed E-state index contributed by atoms with van der Waals surface area (Å²) < 4.78 is 33.2. The quantitative estimate of drug-likeness (QED) is 0.779. The van der Waals surface area contributed by atoms with E-state index in [9.17, 15) is 13.2 Å². The van der Waals surface area contributed by atoms with Gasteiger partial charge in [0, 0.05) is 17.3 Å². The van der Waals surface area contributed by atoms with Gasteiger partial charge < -0.3 is 10.1 Å². The van der Waals surface area contributed by atoms with Crippen LogP contribution in [-0.4, -0.2) is 27.5 Å². The normalized spacial score (nSPS) is 16.3. The SMILES string of the molecule is COc1ccc(C(=O)Nc2cccc3c2CCCC3)cc1S(=O)(=O)NC1CC1. The molecule has 1 amide bonds. The van der Waals surface area contributed by atoms with Crippen molar-refractivity contribution < 1.29 is 17.9 Å². The number of benzene rings is 2. The number of nitrogens with one attached hydrogen (secondary N) is 2. The van der Waals surface area contributed by atoms with Crippen LogP contribution in [0.25, 0.3) is 0 Å². The van der Waals surface area contributed by atoms with Gasteiger partial charge >= 0.3 is 0 Å². The maximum atomic E-state index is 12.8. The third-order valence-electron chi connectivity index (χ3n) is 5.26. The highest BCUT2D eigenvalue weighted by Crippen LogP contribution is 2.30. The molecule has 0 atom stereocenters. The van der Waals surface area contributed by atoms with Crippen molar-refractivity contribution in [3.63, 3.8) is 0 Å². The molecule has 4 rings (SSSR count). The molecule has 0 radical (unpaired) electrons. The predicted molar refractivity (Wildman–Crippen MR) is 107 cm³/mol. The Kier molecular flexibility index (Phi) is 5.12. The van der Waals surface area contributed by atoms with E-state index in [1.54, 1.807) is 6.07 Å². The number of aryl methyl sites for hydroxylation is 1. The predicted octanol–water partition coefficient (Wildman–Crippen LogP) is 3.27. The third-order valence-corrected chi connectivity index (χ3v) is 6.80.